The van der Waals surface area contributed by atoms with Crippen LogP contribution in [0.4, 0.5) is 13.2 Å². The number of nitrogens with two attached hydrogens (primary N) is 1. The van der Waals surface area contributed by atoms with E-state index in [9.17, 15) is 26.4 Å². The fourth-order valence-corrected chi connectivity index (χ4v) is 3.94. The number of alkyl halides is 3. The maximum Gasteiger partial charge on any atom is 0.416 e. The molecule has 1 saturated carbocycles. The van der Waals surface area contributed by atoms with E-state index in [1.165, 1.54) is 12.1 Å². The Morgan fingerprint density at radius 2 is 1.57 bits per heavy atom. The Bertz CT molecular complexity index is 998. The van der Waals surface area contributed by atoms with Gasteiger partial charge in [0.2, 0.25) is 10.0 Å². The van der Waals surface area contributed by atoms with E-state index in [1.54, 1.807) is 12.1 Å². The number of hydrogen-bond acceptors (Lipinski definition) is 3. The molecule has 9 heteroatoms. The highest BCUT2D eigenvalue weighted by molar-refractivity contribution is 7.89. The van der Waals surface area contributed by atoms with Crippen molar-refractivity contribution in [2.75, 3.05) is 0 Å². The first-order chi connectivity index (χ1) is 12.8. The van der Waals surface area contributed by atoms with E-state index in [-0.39, 0.29) is 27.8 Å². The molecule has 1 aliphatic carbocycles. The molecule has 2 aromatic carbocycles. The zero-order chi connectivity index (χ0) is 20.9. The summed E-state index contributed by atoms with van der Waals surface area (Å²) in [6.45, 7) is 3.89. The van der Waals surface area contributed by atoms with E-state index in [1.807, 2.05) is 13.8 Å². The summed E-state index contributed by atoms with van der Waals surface area (Å²) in [6, 6.07) is 9.91. The number of amides is 1. The lowest BCUT2D eigenvalue weighted by Crippen LogP contribution is -2.28. The van der Waals surface area contributed by atoms with Crippen LogP contribution in [-0.4, -0.2) is 20.4 Å². The standard InChI is InChI=1S/C19H19F3N2O3S/c1-18(2)15(11-5-9-14(10-6-11)28(23,26)27)16(18)24-17(25)12-3-7-13(8-4-12)19(20,21)22/h3-10,15-16H,1-2H3,(H,24,25)(H2,23,26,27)/t15-,16-/m1/s1. The van der Waals surface area contributed by atoms with Gasteiger partial charge in [0, 0.05) is 17.5 Å². The molecule has 0 aliphatic heterocycles. The average Bonchev–Trinajstić information content (AvgIpc) is 3.13. The van der Waals surface area contributed by atoms with Crippen LogP contribution in [0.1, 0.15) is 41.3 Å². The van der Waals surface area contributed by atoms with Crippen molar-refractivity contribution in [3.8, 4) is 0 Å². The zero-order valence-corrected chi connectivity index (χ0v) is 15.9. The van der Waals surface area contributed by atoms with Crippen LogP contribution in [0, 0.1) is 5.41 Å². The Hall–Kier alpha value is -2.39. The fourth-order valence-electron chi connectivity index (χ4n) is 3.43. The van der Waals surface area contributed by atoms with Gasteiger partial charge in [-0.2, -0.15) is 13.2 Å². The molecule has 3 rings (SSSR count). The minimum Gasteiger partial charge on any atom is -0.348 e. The molecule has 2 aromatic rings. The average molecular weight is 412 g/mol. The quantitative estimate of drug-likeness (QED) is 0.808. The van der Waals surface area contributed by atoms with Crippen molar-refractivity contribution in [2.45, 2.75) is 36.9 Å². The van der Waals surface area contributed by atoms with E-state index in [0.717, 1.165) is 29.8 Å². The third-order valence-corrected chi connectivity index (χ3v) is 6.09. The van der Waals surface area contributed by atoms with Gasteiger partial charge in [0.15, 0.2) is 0 Å². The van der Waals surface area contributed by atoms with Crippen LogP contribution in [0.5, 0.6) is 0 Å². The Morgan fingerprint density at radius 1 is 1.04 bits per heavy atom. The highest BCUT2D eigenvalue weighted by atomic mass is 32.2. The number of carbonyl (C=O) groups excluding carboxylic acids is 1. The van der Waals surface area contributed by atoms with Crippen molar-refractivity contribution in [1.82, 2.24) is 5.32 Å². The molecule has 0 heterocycles. The molecule has 0 radical (unpaired) electrons. The monoisotopic (exact) mass is 412 g/mol. The summed E-state index contributed by atoms with van der Waals surface area (Å²) in [6.07, 6.45) is -4.46. The second-order valence-electron chi connectivity index (χ2n) is 7.44. The lowest BCUT2D eigenvalue weighted by Gasteiger charge is -2.09. The molecule has 150 valence electrons. The van der Waals surface area contributed by atoms with Crippen LogP contribution in [0.3, 0.4) is 0 Å². The van der Waals surface area contributed by atoms with E-state index in [2.05, 4.69) is 5.32 Å². The third-order valence-electron chi connectivity index (χ3n) is 5.16. The van der Waals surface area contributed by atoms with Crippen molar-refractivity contribution in [3.63, 3.8) is 0 Å². The molecule has 5 nitrogen and oxygen atoms in total. The number of benzene rings is 2. The van der Waals surface area contributed by atoms with Gasteiger partial charge in [0.25, 0.3) is 5.91 Å². The first-order valence-corrected chi connectivity index (χ1v) is 9.97. The maximum atomic E-state index is 12.6. The second kappa shape index (κ2) is 6.59. The Morgan fingerprint density at radius 3 is 2.04 bits per heavy atom. The van der Waals surface area contributed by atoms with Crippen molar-refractivity contribution >= 4 is 15.9 Å². The number of carbonyl (C=O) groups is 1. The molecule has 0 unspecified atom stereocenters. The number of hydrogen-bond donors (Lipinski definition) is 2. The Labute approximate surface area is 160 Å². The summed E-state index contributed by atoms with van der Waals surface area (Å²) < 4.78 is 60.6. The lowest BCUT2D eigenvalue weighted by atomic mass is 10.0. The first kappa shape index (κ1) is 20.3. The molecular weight excluding hydrogens is 393 g/mol. The molecule has 0 bridgehead atoms. The summed E-state index contributed by atoms with van der Waals surface area (Å²) >= 11 is 0. The summed E-state index contributed by atoms with van der Waals surface area (Å²) in [7, 11) is -3.79. The van der Waals surface area contributed by atoms with E-state index >= 15 is 0 Å². The van der Waals surface area contributed by atoms with Crippen molar-refractivity contribution in [2.24, 2.45) is 10.6 Å². The zero-order valence-electron chi connectivity index (χ0n) is 15.1. The van der Waals surface area contributed by atoms with Gasteiger partial charge in [-0.15, -0.1) is 0 Å². The van der Waals surface area contributed by atoms with Crippen LogP contribution in [0.25, 0.3) is 0 Å². The first-order valence-electron chi connectivity index (χ1n) is 8.42. The summed E-state index contributed by atoms with van der Waals surface area (Å²) in [5, 5.41) is 7.94. The second-order valence-corrected chi connectivity index (χ2v) is 9.00. The number of rotatable bonds is 4. The van der Waals surface area contributed by atoms with E-state index in [0.29, 0.717) is 0 Å². The van der Waals surface area contributed by atoms with Gasteiger partial charge < -0.3 is 5.32 Å². The van der Waals surface area contributed by atoms with Crippen LogP contribution in [0.2, 0.25) is 0 Å². The summed E-state index contributed by atoms with van der Waals surface area (Å²) in [5.41, 5.74) is -0.122. The molecule has 1 aliphatic rings. The topological polar surface area (TPSA) is 89.3 Å². The van der Waals surface area contributed by atoms with Crippen LogP contribution in [-0.2, 0) is 16.2 Å². The van der Waals surface area contributed by atoms with E-state index in [4.69, 9.17) is 5.14 Å². The molecule has 1 fully saturated rings. The van der Waals surface area contributed by atoms with Crippen LogP contribution >= 0.6 is 0 Å². The number of nitrogens with one attached hydrogen (secondary N) is 1. The number of primary sulfonamides is 1. The molecule has 3 N–H and O–H groups in total. The van der Waals surface area contributed by atoms with Gasteiger partial charge in [0.05, 0.1) is 10.5 Å². The summed E-state index contributed by atoms with van der Waals surface area (Å²) in [4.78, 5) is 12.4. The molecule has 1 amide bonds. The smallest absolute Gasteiger partial charge is 0.348 e. The number of sulfonamides is 1. The highest BCUT2D eigenvalue weighted by Gasteiger charge is 2.59. The van der Waals surface area contributed by atoms with Crippen molar-refractivity contribution in [1.29, 1.82) is 0 Å². The molecule has 0 aromatic heterocycles. The van der Waals surface area contributed by atoms with Crippen LogP contribution < -0.4 is 10.5 Å². The van der Waals surface area contributed by atoms with Gasteiger partial charge in [-0.25, -0.2) is 13.6 Å². The van der Waals surface area contributed by atoms with Gasteiger partial charge in [-0.3, -0.25) is 4.79 Å². The van der Waals surface area contributed by atoms with Crippen LogP contribution in [0.15, 0.2) is 53.4 Å². The Kier molecular flexibility index (Phi) is 4.79. The maximum absolute atomic E-state index is 12.6. The van der Waals surface area contributed by atoms with Crippen molar-refractivity contribution in [3.05, 3.63) is 65.2 Å². The third kappa shape index (κ3) is 3.90. The normalized spacial score (nSPS) is 21.2. The lowest BCUT2D eigenvalue weighted by molar-refractivity contribution is -0.137. The number of halogens is 3. The molecular formula is C19H19F3N2O3S. The van der Waals surface area contributed by atoms with Crippen molar-refractivity contribution < 1.29 is 26.4 Å². The molecule has 0 spiro atoms. The van der Waals surface area contributed by atoms with E-state index < -0.39 is 27.7 Å². The molecule has 28 heavy (non-hydrogen) atoms. The summed E-state index contributed by atoms with van der Waals surface area (Å²) in [5.74, 6) is -0.518. The van der Waals surface area contributed by atoms with Gasteiger partial charge in [-0.1, -0.05) is 26.0 Å². The largest absolute Gasteiger partial charge is 0.416 e. The van der Waals surface area contributed by atoms with Gasteiger partial charge in [0.1, 0.15) is 0 Å². The molecule has 0 saturated heterocycles. The van der Waals surface area contributed by atoms with Gasteiger partial charge >= 0.3 is 6.18 Å². The SMILES string of the molecule is CC1(C)[C@H](NC(=O)c2ccc(C(F)(F)F)cc2)[C@H]1c1ccc(S(N)(=O)=O)cc1. The minimum absolute atomic E-state index is 0.0000427. The molecule has 2 atom stereocenters. The Balaban J connectivity index is 1.73. The van der Waals surface area contributed by atoms with Gasteiger partial charge in [-0.05, 0) is 47.4 Å². The predicted octanol–water partition coefficient (Wildman–Crippen LogP) is 3.27. The fraction of sp³-hybridized carbons (Fsp3) is 0.316. The predicted molar refractivity (Wildman–Crippen MR) is 97.0 cm³/mol. The minimum atomic E-state index is -4.46. The highest BCUT2D eigenvalue weighted by Crippen LogP contribution is 2.58.